The summed E-state index contributed by atoms with van der Waals surface area (Å²) >= 11 is 0. The van der Waals surface area contributed by atoms with Crippen LogP contribution in [0, 0.1) is 19.8 Å². The molecule has 0 aliphatic heterocycles. The minimum atomic E-state index is -0.924. The van der Waals surface area contributed by atoms with Crippen LogP contribution in [0.3, 0.4) is 0 Å². The average molecular weight is 332 g/mol. The summed E-state index contributed by atoms with van der Waals surface area (Å²) in [5.41, 5.74) is 2.64. The molecule has 24 heavy (non-hydrogen) atoms. The number of hydrogen-bond donors (Lipinski definition) is 2. The molecule has 130 valence electrons. The number of nitrogens with zero attached hydrogens (tertiary/aromatic N) is 1. The minimum Gasteiger partial charge on any atom is -0.481 e. The van der Waals surface area contributed by atoms with Crippen molar-refractivity contribution in [2.75, 3.05) is 13.1 Å². The maximum absolute atomic E-state index is 12.4. The van der Waals surface area contributed by atoms with E-state index < -0.39 is 11.9 Å². The van der Waals surface area contributed by atoms with Gasteiger partial charge in [0.2, 0.25) is 5.91 Å². The van der Waals surface area contributed by atoms with Crippen molar-refractivity contribution in [2.24, 2.45) is 5.92 Å². The van der Waals surface area contributed by atoms with E-state index in [9.17, 15) is 14.4 Å². The van der Waals surface area contributed by atoms with Crippen molar-refractivity contribution in [1.82, 2.24) is 10.2 Å². The van der Waals surface area contributed by atoms with Crippen molar-refractivity contribution in [3.63, 3.8) is 0 Å². The Labute approximate surface area is 141 Å². The van der Waals surface area contributed by atoms with E-state index in [1.807, 2.05) is 19.9 Å². The van der Waals surface area contributed by atoms with Crippen LogP contribution in [0.15, 0.2) is 18.2 Å². The summed E-state index contributed by atoms with van der Waals surface area (Å²) in [4.78, 5) is 37.1. The lowest BCUT2D eigenvalue weighted by Crippen LogP contribution is -2.44. The van der Waals surface area contributed by atoms with Gasteiger partial charge in [-0.15, -0.1) is 0 Å². The molecule has 0 aromatic heterocycles. The van der Waals surface area contributed by atoms with Crippen LogP contribution < -0.4 is 5.32 Å². The van der Waals surface area contributed by atoms with Gasteiger partial charge >= 0.3 is 5.97 Å². The Morgan fingerprint density at radius 3 is 2.46 bits per heavy atom. The highest BCUT2D eigenvalue weighted by Gasteiger charge is 2.34. The molecule has 1 fully saturated rings. The number of hydrogen-bond acceptors (Lipinski definition) is 3. The molecular weight excluding hydrogens is 308 g/mol. The SMILES string of the molecule is Cc1ccc(C(=O)NCC(=O)N(CC(C)C(=O)O)C2CC2)cc1C. The van der Waals surface area contributed by atoms with E-state index in [0.29, 0.717) is 5.56 Å². The standard InChI is InChI=1S/C18H24N2O4/c1-11-4-5-14(8-12(11)2)17(22)19-9-16(21)20(15-6-7-15)10-13(3)18(23)24/h4-5,8,13,15H,6-7,9-10H2,1-3H3,(H,19,22)(H,23,24). The normalized spacial score (nSPS) is 14.8. The van der Waals surface area contributed by atoms with Gasteiger partial charge < -0.3 is 15.3 Å². The molecule has 0 bridgehead atoms. The Morgan fingerprint density at radius 1 is 1.25 bits per heavy atom. The van der Waals surface area contributed by atoms with Gasteiger partial charge in [-0.3, -0.25) is 14.4 Å². The van der Waals surface area contributed by atoms with Crippen molar-refractivity contribution in [1.29, 1.82) is 0 Å². The number of amides is 2. The molecule has 1 aliphatic carbocycles. The molecule has 1 aromatic carbocycles. The number of aryl methyl sites for hydroxylation is 2. The highest BCUT2D eigenvalue weighted by atomic mass is 16.4. The van der Waals surface area contributed by atoms with Crippen LogP contribution in [0.1, 0.15) is 41.3 Å². The summed E-state index contributed by atoms with van der Waals surface area (Å²) in [7, 11) is 0. The van der Waals surface area contributed by atoms with Crippen LogP contribution in [0.4, 0.5) is 0 Å². The van der Waals surface area contributed by atoms with Gasteiger partial charge in [0.1, 0.15) is 0 Å². The number of rotatable bonds is 7. The van der Waals surface area contributed by atoms with Gasteiger partial charge in [-0.25, -0.2) is 0 Å². The fourth-order valence-electron chi connectivity index (χ4n) is 2.46. The molecular formula is C18H24N2O4. The zero-order valence-corrected chi connectivity index (χ0v) is 14.3. The molecule has 0 radical (unpaired) electrons. The third-order valence-electron chi connectivity index (χ3n) is 4.37. The number of carboxylic acid groups (broad SMARTS) is 1. The van der Waals surface area contributed by atoms with Crippen molar-refractivity contribution in [3.8, 4) is 0 Å². The second kappa shape index (κ2) is 7.47. The van der Waals surface area contributed by atoms with Crippen LogP contribution in [-0.2, 0) is 9.59 Å². The summed E-state index contributed by atoms with van der Waals surface area (Å²) in [5, 5.41) is 11.7. The molecule has 0 heterocycles. The summed E-state index contributed by atoms with van der Waals surface area (Å²) < 4.78 is 0. The maximum atomic E-state index is 12.4. The lowest BCUT2D eigenvalue weighted by atomic mass is 10.1. The van der Waals surface area contributed by atoms with E-state index in [1.165, 1.54) is 0 Å². The molecule has 1 saturated carbocycles. The number of carbonyl (C=O) groups excluding carboxylic acids is 2. The highest BCUT2D eigenvalue weighted by Crippen LogP contribution is 2.27. The van der Waals surface area contributed by atoms with E-state index in [-0.39, 0.29) is 30.9 Å². The average Bonchev–Trinajstić information content (AvgIpc) is 3.36. The first-order valence-electron chi connectivity index (χ1n) is 8.17. The Kier molecular flexibility index (Phi) is 5.59. The van der Waals surface area contributed by atoms with E-state index in [1.54, 1.807) is 24.0 Å². The Balaban J connectivity index is 1.93. The largest absolute Gasteiger partial charge is 0.481 e. The van der Waals surface area contributed by atoms with E-state index in [0.717, 1.165) is 24.0 Å². The summed E-state index contributed by atoms with van der Waals surface area (Å²) in [6.07, 6.45) is 1.78. The fraction of sp³-hybridized carbons (Fsp3) is 0.500. The number of aliphatic carboxylic acids is 1. The van der Waals surface area contributed by atoms with Crippen molar-refractivity contribution in [3.05, 3.63) is 34.9 Å². The van der Waals surface area contributed by atoms with Crippen molar-refractivity contribution in [2.45, 2.75) is 39.7 Å². The number of benzene rings is 1. The van der Waals surface area contributed by atoms with Gasteiger partial charge in [-0.05, 0) is 49.9 Å². The molecule has 6 heteroatoms. The number of carboxylic acids is 1. The third-order valence-corrected chi connectivity index (χ3v) is 4.37. The van der Waals surface area contributed by atoms with Gasteiger partial charge in [0.15, 0.2) is 0 Å². The van der Waals surface area contributed by atoms with Crippen molar-refractivity contribution >= 4 is 17.8 Å². The molecule has 6 nitrogen and oxygen atoms in total. The van der Waals surface area contributed by atoms with E-state index >= 15 is 0 Å². The predicted octanol–water partition coefficient (Wildman–Crippen LogP) is 1.74. The van der Waals surface area contributed by atoms with Gasteiger partial charge in [0.05, 0.1) is 12.5 Å². The topological polar surface area (TPSA) is 86.7 Å². The van der Waals surface area contributed by atoms with Crippen molar-refractivity contribution < 1.29 is 19.5 Å². The minimum absolute atomic E-state index is 0.109. The molecule has 2 rings (SSSR count). The number of carbonyl (C=O) groups is 3. The van der Waals surface area contributed by atoms with Crippen LogP contribution >= 0.6 is 0 Å². The Morgan fingerprint density at radius 2 is 1.92 bits per heavy atom. The number of nitrogens with one attached hydrogen (secondary N) is 1. The molecule has 1 unspecified atom stereocenters. The predicted molar refractivity (Wildman–Crippen MR) is 89.8 cm³/mol. The van der Waals surface area contributed by atoms with Crippen LogP contribution in [-0.4, -0.2) is 46.9 Å². The van der Waals surface area contributed by atoms with Gasteiger partial charge in [0.25, 0.3) is 5.91 Å². The van der Waals surface area contributed by atoms with Gasteiger partial charge in [-0.2, -0.15) is 0 Å². The Hall–Kier alpha value is -2.37. The summed E-state index contributed by atoms with van der Waals surface area (Å²) in [5.74, 6) is -2.08. The molecule has 0 spiro atoms. The molecule has 1 aromatic rings. The third kappa shape index (κ3) is 4.57. The van der Waals surface area contributed by atoms with E-state index in [4.69, 9.17) is 5.11 Å². The first-order valence-corrected chi connectivity index (χ1v) is 8.17. The second-order valence-electron chi connectivity index (χ2n) is 6.50. The fourth-order valence-corrected chi connectivity index (χ4v) is 2.46. The van der Waals surface area contributed by atoms with Crippen LogP contribution in [0.25, 0.3) is 0 Å². The zero-order chi connectivity index (χ0) is 17.9. The first kappa shape index (κ1) is 18.0. The van der Waals surface area contributed by atoms with Gasteiger partial charge in [-0.1, -0.05) is 13.0 Å². The van der Waals surface area contributed by atoms with E-state index in [2.05, 4.69) is 5.32 Å². The molecule has 2 amide bonds. The molecule has 0 saturated heterocycles. The smallest absolute Gasteiger partial charge is 0.308 e. The first-order chi connectivity index (χ1) is 11.3. The van der Waals surface area contributed by atoms with Crippen LogP contribution in [0.5, 0.6) is 0 Å². The zero-order valence-electron chi connectivity index (χ0n) is 14.3. The lowest BCUT2D eigenvalue weighted by Gasteiger charge is -2.24. The van der Waals surface area contributed by atoms with Crippen LogP contribution in [0.2, 0.25) is 0 Å². The molecule has 1 aliphatic rings. The second-order valence-corrected chi connectivity index (χ2v) is 6.50. The maximum Gasteiger partial charge on any atom is 0.308 e. The molecule has 2 N–H and O–H groups in total. The summed E-state index contributed by atoms with van der Waals surface area (Å²) in [6.45, 7) is 5.54. The lowest BCUT2D eigenvalue weighted by molar-refractivity contribution is -0.143. The quantitative estimate of drug-likeness (QED) is 0.796. The Bertz CT molecular complexity index is 652. The monoisotopic (exact) mass is 332 g/mol. The molecule has 1 atom stereocenters. The van der Waals surface area contributed by atoms with Gasteiger partial charge in [0, 0.05) is 18.2 Å². The summed E-state index contributed by atoms with van der Waals surface area (Å²) in [6, 6.07) is 5.50. The highest BCUT2D eigenvalue weighted by molar-refractivity contribution is 5.96.